The van der Waals surface area contributed by atoms with E-state index < -0.39 is 40.8 Å². The molecule has 0 bridgehead atoms. The van der Waals surface area contributed by atoms with Crippen molar-refractivity contribution in [3.63, 3.8) is 0 Å². The maximum absolute atomic E-state index is 15.0. The molecule has 1 aliphatic heterocycles. The molecule has 2 aromatic heterocycles. The fraction of sp³-hybridized carbons (Fsp3) is 0.280. The number of pyridine rings is 1. The Balaban J connectivity index is 1.41. The Labute approximate surface area is 217 Å². The van der Waals surface area contributed by atoms with E-state index in [1.54, 1.807) is 0 Å². The van der Waals surface area contributed by atoms with Crippen LogP contribution in [0.15, 0.2) is 36.4 Å². The number of hydrogen-bond donors (Lipinski definition) is 2. The van der Waals surface area contributed by atoms with E-state index >= 15 is 0 Å². The number of amides is 1. The summed E-state index contributed by atoms with van der Waals surface area (Å²) in [5.41, 5.74) is -2.02. The molecule has 14 heteroatoms. The molecule has 0 aliphatic carbocycles. The lowest BCUT2D eigenvalue weighted by molar-refractivity contribution is -0.137. The maximum atomic E-state index is 15.0. The van der Waals surface area contributed by atoms with Crippen molar-refractivity contribution in [2.24, 2.45) is 0 Å². The zero-order valence-electron chi connectivity index (χ0n) is 20.4. The molecule has 0 unspecified atom stereocenters. The van der Waals surface area contributed by atoms with Gasteiger partial charge < -0.3 is 10.6 Å². The lowest BCUT2D eigenvalue weighted by Crippen LogP contribution is -2.43. The minimum absolute atomic E-state index is 0.0339. The van der Waals surface area contributed by atoms with Crippen LogP contribution in [0.2, 0.25) is 0 Å². The summed E-state index contributed by atoms with van der Waals surface area (Å²) in [5, 5.41) is 12.9. The standard InChI is InChI=1S/C25H21F6N7O/c1-13-23(35-36-38(13)21-3-2-15(26)9-17(21)25(29,30)31)24(39)34-22-11-19(28)16-8-14(18(27)10-20(16)33-22)12-37-6-4-32-5-7-37/h2-3,8-11,32H,4-7,12H2,1H3,(H,33,34,39). The normalized spacial score (nSPS) is 14.6. The van der Waals surface area contributed by atoms with Crippen molar-refractivity contribution in [2.45, 2.75) is 19.6 Å². The largest absolute Gasteiger partial charge is 0.418 e. The van der Waals surface area contributed by atoms with Crippen molar-refractivity contribution < 1.29 is 31.1 Å². The van der Waals surface area contributed by atoms with Crippen LogP contribution in [0, 0.1) is 24.4 Å². The van der Waals surface area contributed by atoms with Gasteiger partial charge in [-0.3, -0.25) is 9.69 Å². The first-order chi connectivity index (χ1) is 18.5. The molecule has 1 saturated heterocycles. The number of benzene rings is 2. The van der Waals surface area contributed by atoms with Crippen molar-refractivity contribution >= 4 is 22.6 Å². The zero-order chi connectivity index (χ0) is 27.9. The third-order valence-corrected chi connectivity index (χ3v) is 6.37. The van der Waals surface area contributed by atoms with E-state index in [2.05, 4.69) is 25.9 Å². The molecular weight excluding hydrogens is 528 g/mol. The number of halogens is 6. The van der Waals surface area contributed by atoms with E-state index in [4.69, 9.17) is 0 Å². The summed E-state index contributed by atoms with van der Waals surface area (Å²) in [4.78, 5) is 19.0. The number of nitrogens with zero attached hydrogens (tertiary/aromatic N) is 5. The number of nitrogens with one attached hydrogen (secondary N) is 2. The molecule has 3 heterocycles. The molecular formula is C25H21F6N7O. The summed E-state index contributed by atoms with van der Waals surface area (Å²) in [6.45, 7) is 4.60. The third kappa shape index (κ3) is 5.43. The van der Waals surface area contributed by atoms with Gasteiger partial charge in [-0.05, 0) is 31.2 Å². The Morgan fingerprint density at radius 3 is 2.51 bits per heavy atom. The number of piperazine rings is 1. The Kier molecular flexibility index (Phi) is 6.99. The van der Waals surface area contributed by atoms with Crippen LogP contribution in [0.4, 0.5) is 32.2 Å². The predicted octanol–water partition coefficient (Wildman–Crippen LogP) is 4.22. The van der Waals surface area contributed by atoms with Gasteiger partial charge in [0.05, 0.1) is 22.5 Å². The van der Waals surface area contributed by atoms with Gasteiger partial charge in [0.15, 0.2) is 5.69 Å². The first kappa shape index (κ1) is 26.6. The van der Waals surface area contributed by atoms with Crippen molar-refractivity contribution in [2.75, 3.05) is 31.5 Å². The lowest BCUT2D eigenvalue weighted by Gasteiger charge is -2.27. The highest BCUT2D eigenvalue weighted by molar-refractivity contribution is 6.03. The molecule has 204 valence electrons. The van der Waals surface area contributed by atoms with Crippen LogP contribution in [0.3, 0.4) is 0 Å². The fourth-order valence-electron chi connectivity index (χ4n) is 4.41. The number of carbonyl (C=O) groups excluding carboxylic acids is 1. The monoisotopic (exact) mass is 549 g/mol. The number of anilines is 1. The van der Waals surface area contributed by atoms with Gasteiger partial charge in [0.2, 0.25) is 0 Å². The number of hydrogen-bond acceptors (Lipinski definition) is 6. The quantitative estimate of drug-likeness (QED) is 0.363. The fourth-order valence-corrected chi connectivity index (χ4v) is 4.41. The Hall–Kier alpha value is -4.04. The van der Waals surface area contributed by atoms with Crippen LogP contribution in [0.5, 0.6) is 0 Å². The van der Waals surface area contributed by atoms with Crippen molar-refractivity contribution in [1.29, 1.82) is 0 Å². The topological polar surface area (TPSA) is 88.0 Å². The van der Waals surface area contributed by atoms with E-state index in [9.17, 15) is 31.1 Å². The predicted molar refractivity (Wildman–Crippen MR) is 129 cm³/mol. The van der Waals surface area contributed by atoms with Gasteiger partial charge >= 0.3 is 6.18 Å². The number of alkyl halides is 3. The van der Waals surface area contributed by atoms with Gasteiger partial charge in [-0.25, -0.2) is 22.8 Å². The molecule has 1 fully saturated rings. The second-order valence-electron chi connectivity index (χ2n) is 9.02. The van der Waals surface area contributed by atoms with Crippen LogP contribution in [0.1, 0.15) is 27.3 Å². The van der Waals surface area contributed by atoms with Crippen LogP contribution in [-0.4, -0.2) is 57.0 Å². The SMILES string of the molecule is Cc1c(C(=O)Nc2cc(F)c3cc(CN4CCNCC4)c(F)cc3n2)nnn1-c1ccc(F)cc1C(F)(F)F. The van der Waals surface area contributed by atoms with E-state index in [-0.39, 0.29) is 28.1 Å². The Bertz CT molecular complexity index is 1560. The Morgan fingerprint density at radius 2 is 1.79 bits per heavy atom. The summed E-state index contributed by atoms with van der Waals surface area (Å²) in [7, 11) is 0. The van der Waals surface area contributed by atoms with Gasteiger partial charge in [-0.1, -0.05) is 5.21 Å². The minimum Gasteiger partial charge on any atom is -0.314 e. The minimum atomic E-state index is -4.90. The number of rotatable bonds is 5. The van der Waals surface area contributed by atoms with Crippen LogP contribution in [-0.2, 0) is 12.7 Å². The molecule has 8 nitrogen and oxygen atoms in total. The molecule has 39 heavy (non-hydrogen) atoms. The van der Waals surface area contributed by atoms with E-state index in [1.807, 2.05) is 4.90 Å². The molecule has 0 spiro atoms. The summed E-state index contributed by atoms with van der Waals surface area (Å²) in [5.74, 6) is -3.62. The molecule has 1 aliphatic rings. The van der Waals surface area contributed by atoms with E-state index in [1.165, 1.54) is 13.0 Å². The van der Waals surface area contributed by atoms with Crippen molar-refractivity contribution in [1.82, 2.24) is 30.2 Å². The molecule has 0 saturated carbocycles. The molecule has 1 amide bonds. The molecule has 0 atom stereocenters. The number of aromatic nitrogens is 4. The lowest BCUT2D eigenvalue weighted by atomic mass is 10.1. The van der Waals surface area contributed by atoms with E-state index in [0.29, 0.717) is 18.2 Å². The summed E-state index contributed by atoms with van der Waals surface area (Å²) < 4.78 is 84.4. The highest BCUT2D eigenvalue weighted by Crippen LogP contribution is 2.34. The third-order valence-electron chi connectivity index (χ3n) is 6.37. The first-order valence-corrected chi connectivity index (χ1v) is 11.8. The molecule has 5 rings (SSSR count). The number of fused-ring (bicyclic) bond motifs is 1. The van der Waals surface area contributed by atoms with Crippen molar-refractivity contribution in [3.8, 4) is 5.69 Å². The molecule has 0 radical (unpaired) electrons. The molecule has 4 aromatic rings. The van der Waals surface area contributed by atoms with Crippen LogP contribution < -0.4 is 10.6 Å². The number of carbonyl (C=O) groups is 1. The van der Waals surface area contributed by atoms with Crippen LogP contribution in [0.25, 0.3) is 16.6 Å². The second-order valence-corrected chi connectivity index (χ2v) is 9.02. The van der Waals surface area contributed by atoms with E-state index in [0.717, 1.165) is 55.1 Å². The maximum Gasteiger partial charge on any atom is 0.418 e. The highest BCUT2D eigenvalue weighted by atomic mass is 19.4. The molecule has 2 aromatic carbocycles. The van der Waals surface area contributed by atoms with Crippen LogP contribution >= 0.6 is 0 Å². The van der Waals surface area contributed by atoms with Crippen molar-refractivity contribution in [3.05, 3.63) is 76.4 Å². The second kappa shape index (κ2) is 10.3. The summed E-state index contributed by atoms with van der Waals surface area (Å²) in [6, 6.07) is 5.42. The van der Waals surface area contributed by atoms with Gasteiger partial charge in [-0.2, -0.15) is 13.2 Å². The average Bonchev–Trinajstić information content (AvgIpc) is 3.26. The zero-order valence-corrected chi connectivity index (χ0v) is 20.4. The van der Waals surface area contributed by atoms with Gasteiger partial charge in [0, 0.05) is 55.8 Å². The summed E-state index contributed by atoms with van der Waals surface area (Å²) >= 11 is 0. The van der Waals surface area contributed by atoms with Gasteiger partial charge in [0.25, 0.3) is 5.91 Å². The smallest absolute Gasteiger partial charge is 0.314 e. The average molecular weight is 549 g/mol. The van der Waals surface area contributed by atoms with Gasteiger partial charge in [-0.15, -0.1) is 5.10 Å². The first-order valence-electron chi connectivity index (χ1n) is 11.8. The Morgan fingerprint density at radius 1 is 1.05 bits per heavy atom. The molecule has 2 N–H and O–H groups in total. The highest BCUT2D eigenvalue weighted by Gasteiger charge is 2.35. The summed E-state index contributed by atoms with van der Waals surface area (Å²) in [6.07, 6.45) is -4.90. The van der Waals surface area contributed by atoms with Gasteiger partial charge in [0.1, 0.15) is 23.3 Å².